The Labute approximate surface area is 199 Å². The van der Waals surface area contributed by atoms with Gasteiger partial charge < -0.3 is 10.6 Å². The molecule has 34 heavy (non-hydrogen) atoms. The molecule has 0 saturated carbocycles. The van der Waals surface area contributed by atoms with Crippen molar-refractivity contribution in [1.29, 1.82) is 0 Å². The first-order chi connectivity index (χ1) is 16.3. The second kappa shape index (κ2) is 9.35. The van der Waals surface area contributed by atoms with Gasteiger partial charge in [0.15, 0.2) is 0 Å². The number of hydrogen-bond donors (Lipinski definition) is 2. The molecule has 0 radical (unpaired) electrons. The largest absolute Gasteiger partial charge is 0.350 e. The van der Waals surface area contributed by atoms with Crippen LogP contribution in [0.1, 0.15) is 36.1 Å². The molecule has 0 aliphatic carbocycles. The minimum atomic E-state index is -0.406. The zero-order valence-corrected chi connectivity index (χ0v) is 19.7. The number of rotatable bonds is 6. The Balaban J connectivity index is 1.80. The van der Waals surface area contributed by atoms with Crippen LogP contribution in [0.15, 0.2) is 72.4 Å². The zero-order chi connectivity index (χ0) is 24.4. The van der Waals surface area contributed by atoms with Gasteiger partial charge in [0, 0.05) is 18.3 Å². The molecule has 172 valence electrons. The monoisotopic (exact) mass is 453 g/mol. The van der Waals surface area contributed by atoms with E-state index in [-0.39, 0.29) is 11.6 Å². The van der Waals surface area contributed by atoms with Crippen LogP contribution in [0.4, 0.5) is 17.1 Å². The Kier molecular flexibility index (Phi) is 6.32. The summed E-state index contributed by atoms with van der Waals surface area (Å²) < 4.78 is 0. The minimum absolute atomic E-state index is 0.182. The number of amides is 3. The zero-order valence-electron chi connectivity index (χ0n) is 19.7. The van der Waals surface area contributed by atoms with Crippen LogP contribution >= 0.6 is 0 Å². The number of nitrogens with one attached hydrogen (secondary N) is 2. The quantitative estimate of drug-likeness (QED) is 0.502. The highest BCUT2D eigenvalue weighted by molar-refractivity contribution is 6.46. The Morgan fingerprint density at radius 3 is 2.18 bits per heavy atom. The van der Waals surface area contributed by atoms with Crippen molar-refractivity contribution in [2.24, 2.45) is 0 Å². The molecule has 0 saturated heterocycles. The topological polar surface area (TPSA) is 78.5 Å². The first-order valence-corrected chi connectivity index (χ1v) is 11.2. The van der Waals surface area contributed by atoms with Crippen molar-refractivity contribution in [3.05, 3.63) is 94.7 Å². The molecule has 0 aromatic heterocycles. The second-order valence-electron chi connectivity index (χ2n) is 8.35. The van der Waals surface area contributed by atoms with Crippen LogP contribution in [0.5, 0.6) is 0 Å². The fraction of sp³-hybridized carbons (Fsp3) is 0.179. The SMILES string of the molecule is CCc1ccc(N2C(=O)C(Nc3cccc(C)c3C)=C(c3ccc(NC(C)=O)cc3)C2=O)cc1. The van der Waals surface area contributed by atoms with Gasteiger partial charge in [-0.05, 0) is 72.9 Å². The van der Waals surface area contributed by atoms with Crippen LogP contribution in [-0.2, 0) is 20.8 Å². The van der Waals surface area contributed by atoms with Crippen molar-refractivity contribution >= 4 is 40.4 Å². The molecule has 3 amide bonds. The predicted octanol–water partition coefficient (Wildman–Crippen LogP) is 5.22. The van der Waals surface area contributed by atoms with Gasteiger partial charge in [-0.2, -0.15) is 0 Å². The van der Waals surface area contributed by atoms with Crippen molar-refractivity contribution in [3.8, 4) is 0 Å². The summed E-state index contributed by atoms with van der Waals surface area (Å²) in [6, 6.07) is 20.2. The van der Waals surface area contributed by atoms with Crippen LogP contribution in [0, 0.1) is 13.8 Å². The highest BCUT2D eigenvalue weighted by Gasteiger charge is 2.40. The van der Waals surface area contributed by atoms with E-state index in [4.69, 9.17) is 0 Å². The lowest BCUT2D eigenvalue weighted by molar-refractivity contribution is -0.120. The average Bonchev–Trinajstić information content (AvgIpc) is 3.06. The van der Waals surface area contributed by atoms with Gasteiger partial charge >= 0.3 is 0 Å². The summed E-state index contributed by atoms with van der Waals surface area (Å²) >= 11 is 0. The summed E-state index contributed by atoms with van der Waals surface area (Å²) in [5, 5.41) is 5.97. The first-order valence-electron chi connectivity index (χ1n) is 11.2. The minimum Gasteiger partial charge on any atom is -0.350 e. The van der Waals surface area contributed by atoms with Gasteiger partial charge in [-0.3, -0.25) is 14.4 Å². The lowest BCUT2D eigenvalue weighted by atomic mass is 10.0. The molecule has 3 aromatic rings. The Hall–Kier alpha value is -4.19. The van der Waals surface area contributed by atoms with Gasteiger partial charge in [-0.15, -0.1) is 0 Å². The fourth-order valence-electron chi connectivity index (χ4n) is 3.97. The maximum Gasteiger partial charge on any atom is 0.282 e. The molecule has 3 aromatic carbocycles. The molecule has 2 N–H and O–H groups in total. The molecular formula is C28H27N3O3. The Morgan fingerprint density at radius 2 is 1.56 bits per heavy atom. The Morgan fingerprint density at radius 1 is 0.882 bits per heavy atom. The van der Waals surface area contributed by atoms with E-state index in [0.717, 1.165) is 28.8 Å². The predicted molar refractivity (Wildman–Crippen MR) is 136 cm³/mol. The molecule has 1 aliphatic rings. The number of imide groups is 1. The molecule has 0 unspecified atom stereocenters. The summed E-state index contributed by atoms with van der Waals surface area (Å²) in [6.45, 7) is 7.46. The van der Waals surface area contributed by atoms with Crippen molar-refractivity contribution in [1.82, 2.24) is 0 Å². The number of hydrogen-bond acceptors (Lipinski definition) is 4. The van der Waals surface area contributed by atoms with Crippen LogP contribution in [0.2, 0.25) is 0 Å². The molecule has 0 bridgehead atoms. The molecule has 4 rings (SSSR count). The van der Waals surface area contributed by atoms with E-state index in [0.29, 0.717) is 22.5 Å². The third-order valence-corrected chi connectivity index (χ3v) is 6.04. The number of nitrogens with zero attached hydrogens (tertiary/aromatic N) is 1. The molecule has 6 heteroatoms. The molecule has 0 fully saturated rings. The first kappa shape index (κ1) is 23.0. The van der Waals surface area contributed by atoms with Crippen LogP contribution < -0.4 is 15.5 Å². The van der Waals surface area contributed by atoms with Gasteiger partial charge in [-0.1, -0.05) is 43.3 Å². The van der Waals surface area contributed by atoms with Gasteiger partial charge in [0.25, 0.3) is 11.8 Å². The van der Waals surface area contributed by atoms with Crippen molar-refractivity contribution in [2.45, 2.75) is 34.1 Å². The average molecular weight is 454 g/mol. The highest BCUT2D eigenvalue weighted by atomic mass is 16.2. The van der Waals surface area contributed by atoms with E-state index in [2.05, 4.69) is 17.6 Å². The van der Waals surface area contributed by atoms with Crippen molar-refractivity contribution < 1.29 is 14.4 Å². The van der Waals surface area contributed by atoms with Gasteiger partial charge in [0.1, 0.15) is 5.70 Å². The summed E-state index contributed by atoms with van der Waals surface area (Å²) in [7, 11) is 0. The molecule has 0 atom stereocenters. The van der Waals surface area contributed by atoms with Crippen LogP contribution in [0.3, 0.4) is 0 Å². The number of aryl methyl sites for hydroxylation is 2. The highest BCUT2D eigenvalue weighted by Crippen LogP contribution is 2.35. The molecular weight excluding hydrogens is 426 g/mol. The number of carbonyl (C=O) groups excluding carboxylic acids is 3. The summed E-state index contributed by atoms with van der Waals surface area (Å²) in [5.41, 5.74) is 6.22. The number of carbonyl (C=O) groups is 3. The fourth-order valence-corrected chi connectivity index (χ4v) is 3.97. The lowest BCUT2D eigenvalue weighted by Crippen LogP contribution is -2.32. The van der Waals surface area contributed by atoms with E-state index >= 15 is 0 Å². The van der Waals surface area contributed by atoms with E-state index in [9.17, 15) is 14.4 Å². The number of anilines is 3. The van der Waals surface area contributed by atoms with E-state index in [1.165, 1.54) is 11.8 Å². The summed E-state index contributed by atoms with van der Waals surface area (Å²) in [4.78, 5) is 39.8. The smallest absolute Gasteiger partial charge is 0.282 e. The molecule has 0 spiro atoms. The third-order valence-electron chi connectivity index (χ3n) is 6.04. The van der Waals surface area contributed by atoms with E-state index in [1.807, 2.05) is 44.2 Å². The van der Waals surface area contributed by atoms with Crippen molar-refractivity contribution in [3.63, 3.8) is 0 Å². The second-order valence-corrected chi connectivity index (χ2v) is 8.35. The summed E-state index contributed by atoms with van der Waals surface area (Å²) in [6.07, 6.45) is 0.867. The number of benzene rings is 3. The summed E-state index contributed by atoms with van der Waals surface area (Å²) in [5.74, 6) is -0.983. The molecule has 1 heterocycles. The lowest BCUT2D eigenvalue weighted by Gasteiger charge is -2.16. The van der Waals surface area contributed by atoms with Crippen LogP contribution in [0.25, 0.3) is 5.57 Å². The standard InChI is InChI=1S/C28H27N3O3/c1-5-20-9-15-23(16-10-20)31-27(33)25(21-11-13-22(14-12-21)29-19(4)32)26(28(31)34)30-24-8-6-7-17(2)18(24)3/h6-16,30H,5H2,1-4H3,(H,29,32). The third kappa shape index (κ3) is 4.35. The van der Waals surface area contributed by atoms with Gasteiger partial charge in [-0.25, -0.2) is 4.90 Å². The molecule has 6 nitrogen and oxygen atoms in total. The van der Waals surface area contributed by atoms with Crippen LogP contribution in [-0.4, -0.2) is 17.7 Å². The van der Waals surface area contributed by atoms with Gasteiger partial charge in [0.2, 0.25) is 5.91 Å². The van der Waals surface area contributed by atoms with E-state index < -0.39 is 11.8 Å². The normalized spacial score (nSPS) is 13.5. The maximum absolute atomic E-state index is 13.6. The van der Waals surface area contributed by atoms with Crippen molar-refractivity contribution in [2.75, 3.05) is 15.5 Å². The molecule has 1 aliphatic heterocycles. The van der Waals surface area contributed by atoms with E-state index in [1.54, 1.807) is 36.4 Å². The van der Waals surface area contributed by atoms with Gasteiger partial charge in [0.05, 0.1) is 11.3 Å². The Bertz CT molecular complexity index is 1310. The maximum atomic E-state index is 13.6.